The first kappa shape index (κ1) is 18.4. The molecule has 0 radical (unpaired) electrons. The lowest BCUT2D eigenvalue weighted by Gasteiger charge is -2.35. The summed E-state index contributed by atoms with van der Waals surface area (Å²) < 4.78 is 24.4. The van der Waals surface area contributed by atoms with Crippen LogP contribution in [-0.4, -0.2) is 62.0 Å². The third-order valence-electron chi connectivity index (χ3n) is 4.21. The standard InChI is InChI=1S/C17H24N2O4S/c1-4-24(22,23)15-8-6-5-7-14(15)17(21)19-11-9-18(10-12-19)16(20)13(2)3/h5-8,13H,4,9-12H2,1-3H3. The van der Waals surface area contributed by atoms with Crippen molar-refractivity contribution in [2.45, 2.75) is 25.7 Å². The normalized spacial score (nSPS) is 15.7. The summed E-state index contributed by atoms with van der Waals surface area (Å²) in [6.07, 6.45) is 0. The second kappa shape index (κ2) is 7.34. The van der Waals surface area contributed by atoms with E-state index in [0.717, 1.165) is 0 Å². The lowest BCUT2D eigenvalue weighted by atomic mass is 10.1. The molecule has 0 aliphatic carbocycles. The summed E-state index contributed by atoms with van der Waals surface area (Å²) in [5, 5.41) is 0. The van der Waals surface area contributed by atoms with Crippen LogP contribution in [0.25, 0.3) is 0 Å². The molecule has 0 spiro atoms. The van der Waals surface area contributed by atoms with Gasteiger partial charge in [-0.25, -0.2) is 8.42 Å². The molecule has 1 aliphatic heterocycles. The molecule has 24 heavy (non-hydrogen) atoms. The number of amides is 2. The highest BCUT2D eigenvalue weighted by molar-refractivity contribution is 7.91. The lowest BCUT2D eigenvalue weighted by Crippen LogP contribution is -2.51. The van der Waals surface area contributed by atoms with E-state index in [-0.39, 0.29) is 33.9 Å². The van der Waals surface area contributed by atoms with Gasteiger partial charge in [0.05, 0.1) is 16.2 Å². The van der Waals surface area contributed by atoms with E-state index < -0.39 is 9.84 Å². The number of rotatable bonds is 4. The first-order valence-corrected chi connectivity index (χ1v) is 9.83. The molecule has 1 fully saturated rings. The highest BCUT2D eigenvalue weighted by Gasteiger charge is 2.28. The lowest BCUT2D eigenvalue weighted by molar-refractivity contribution is -0.135. The Labute approximate surface area is 143 Å². The van der Waals surface area contributed by atoms with Crippen LogP contribution in [0.3, 0.4) is 0 Å². The number of hydrogen-bond donors (Lipinski definition) is 0. The second-order valence-electron chi connectivity index (χ2n) is 6.17. The molecule has 0 unspecified atom stereocenters. The Kier molecular flexibility index (Phi) is 5.64. The molecule has 0 atom stereocenters. The van der Waals surface area contributed by atoms with Gasteiger partial charge in [-0.2, -0.15) is 0 Å². The van der Waals surface area contributed by atoms with E-state index in [1.165, 1.54) is 6.07 Å². The first-order chi connectivity index (χ1) is 11.3. The predicted octanol–water partition coefficient (Wildman–Crippen LogP) is 1.42. The molecule has 1 aromatic carbocycles. The number of piperazine rings is 1. The molecule has 1 heterocycles. The summed E-state index contributed by atoms with van der Waals surface area (Å²) in [4.78, 5) is 28.2. The van der Waals surface area contributed by atoms with Crippen LogP contribution >= 0.6 is 0 Å². The summed E-state index contributed by atoms with van der Waals surface area (Å²) in [6.45, 7) is 7.05. The number of carbonyl (C=O) groups excluding carboxylic acids is 2. The quantitative estimate of drug-likeness (QED) is 0.821. The Morgan fingerprint density at radius 3 is 2.12 bits per heavy atom. The third kappa shape index (κ3) is 3.77. The van der Waals surface area contributed by atoms with Crippen molar-refractivity contribution in [3.8, 4) is 0 Å². The summed E-state index contributed by atoms with van der Waals surface area (Å²) in [7, 11) is -3.46. The molecule has 1 aliphatic rings. The fourth-order valence-corrected chi connectivity index (χ4v) is 3.82. The Balaban J connectivity index is 2.16. The van der Waals surface area contributed by atoms with Crippen LogP contribution in [0.15, 0.2) is 29.2 Å². The fraction of sp³-hybridized carbons (Fsp3) is 0.529. The van der Waals surface area contributed by atoms with E-state index in [4.69, 9.17) is 0 Å². The first-order valence-electron chi connectivity index (χ1n) is 8.17. The van der Waals surface area contributed by atoms with Gasteiger partial charge in [-0.15, -0.1) is 0 Å². The summed E-state index contributed by atoms with van der Waals surface area (Å²) in [6, 6.07) is 6.32. The largest absolute Gasteiger partial charge is 0.339 e. The van der Waals surface area contributed by atoms with Gasteiger partial charge < -0.3 is 9.80 Å². The monoisotopic (exact) mass is 352 g/mol. The molecule has 2 rings (SSSR count). The van der Waals surface area contributed by atoms with Crippen LogP contribution in [0.1, 0.15) is 31.1 Å². The number of carbonyl (C=O) groups is 2. The molecular weight excluding hydrogens is 328 g/mol. The molecule has 7 heteroatoms. The number of benzene rings is 1. The van der Waals surface area contributed by atoms with Gasteiger partial charge in [0.25, 0.3) is 5.91 Å². The molecule has 132 valence electrons. The van der Waals surface area contributed by atoms with E-state index in [9.17, 15) is 18.0 Å². The zero-order valence-electron chi connectivity index (χ0n) is 14.4. The molecule has 0 saturated carbocycles. The minimum atomic E-state index is -3.46. The van der Waals surface area contributed by atoms with Gasteiger partial charge in [-0.1, -0.05) is 32.9 Å². The van der Waals surface area contributed by atoms with Crippen LogP contribution in [-0.2, 0) is 14.6 Å². The number of hydrogen-bond acceptors (Lipinski definition) is 4. The van der Waals surface area contributed by atoms with Crippen molar-refractivity contribution in [1.29, 1.82) is 0 Å². The van der Waals surface area contributed by atoms with Crippen molar-refractivity contribution >= 4 is 21.7 Å². The zero-order chi connectivity index (χ0) is 17.9. The maximum Gasteiger partial charge on any atom is 0.255 e. The molecular formula is C17H24N2O4S. The Morgan fingerprint density at radius 1 is 1.04 bits per heavy atom. The summed E-state index contributed by atoms with van der Waals surface area (Å²) in [5.74, 6) is -0.327. The van der Waals surface area contributed by atoms with E-state index in [0.29, 0.717) is 26.2 Å². The van der Waals surface area contributed by atoms with E-state index in [1.807, 2.05) is 13.8 Å². The molecule has 1 aromatic rings. The average Bonchev–Trinajstić information content (AvgIpc) is 2.60. The Morgan fingerprint density at radius 2 is 1.58 bits per heavy atom. The zero-order valence-corrected chi connectivity index (χ0v) is 15.2. The Hall–Kier alpha value is -1.89. The smallest absolute Gasteiger partial charge is 0.255 e. The van der Waals surface area contributed by atoms with Crippen molar-refractivity contribution in [3.05, 3.63) is 29.8 Å². The molecule has 2 amide bonds. The average molecular weight is 352 g/mol. The van der Waals surface area contributed by atoms with Gasteiger partial charge >= 0.3 is 0 Å². The van der Waals surface area contributed by atoms with E-state index >= 15 is 0 Å². The Bertz CT molecular complexity index is 720. The maximum absolute atomic E-state index is 12.8. The van der Waals surface area contributed by atoms with E-state index in [2.05, 4.69) is 0 Å². The van der Waals surface area contributed by atoms with Crippen molar-refractivity contribution < 1.29 is 18.0 Å². The van der Waals surface area contributed by atoms with Crippen LogP contribution < -0.4 is 0 Å². The van der Waals surface area contributed by atoms with Crippen molar-refractivity contribution in [3.63, 3.8) is 0 Å². The van der Waals surface area contributed by atoms with Crippen LogP contribution in [0.5, 0.6) is 0 Å². The van der Waals surface area contributed by atoms with Gasteiger partial charge in [0.2, 0.25) is 5.91 Å². The van der Waals surface area contributed by atoms with Crippen LogP contribution in [0, 0.1) is 5.92 Å². The maximum atomic E-state index is 12.8. The van der Waals surface area contributed by atoms with Crippen molar-refractivity contribution in [2.24, 2.45) is 5.92 Å². The summed E-state index contributed by atoms with van der Waals surface area (Å²) in [5.41, 5.74) is 0.211. The topological polar surface area (TPSA) is 74.8 Å². The highest BCUT2D eigenvalue weighted by Crippen LogP contribution is 2.20. The van der Waals surface area contributed by atoms with Crippen LogP contribution in [0.2, 0.25) is 0 Å². The molecule has 6 nitrogen and oxygen atoms in total. The number of nitrogens with zero attached hydrogens (tertiary/aromatic N) is 2. The predicted molar refractivity (Wildman–Crippen MR) is 91.5 cm³/mol. The molecule has 0 N–H and O–H groups in total. The van der Waals surface area contributed by atoms with Gasteiger partial charge in [0, 0.05) is 32.1 Å². The van der Waals surface area contributed by atoms with Gasteiger partial charge in [0.15, 0.2) is 9.84 Å². The minimum Gasteiger partial charge on any atom is -0.339 e. The molecule has 0 bridgehead atoms. The van der Waals surface area contributed by atoms with Crippen molar-refractivity contribution in [1.82, 2.24) is 9.80 Å². The minimum absolute atomic E-state index is 0.0477. The van der Waals surface area contributed by atoms with E-state index in [1.54, 1.807) is 34.9 Å². The SMILES string of the molecule is CCS(=O)(=O)c1ccccc1C(=O)N1CCN(C(=O)C(C)C)CC1. The van der Waals surface area contributed by atoms with Crippen LogP contribution in [0.4, 0.5) is 0 Å². The molecule has 0 aromatic heterocycles. The summed E-state index contributed by atoms with van der Waals surface area (Å²) >= 11 is 0. The van der Waals surface area contributed by atoms with Gasteiger partial charge in [-0.05, 0) is 12.1 Å². The second-order valence-corrected chi connectivity index (χ2v) is 8.42. The molecule has 1 saturated heterocycles. The van der Waals surface area contributed by atoms with Gasteiger partial charge in [0.1, 0.15) is 0 Å². The van der Waals surface area contributed by atoms with Gasteiger partial charge in [-0.3, -0.25) is 9.59 Å². The van der Waals surface area contributed by atoms with Crippen molar-refractivity contribution in [2.75, 3.05) is 31.9 Å². The highest BCUT2D eigenvalue weighted by atomic mass is 32.2. The number of sulfone groups is 1. The fourth-order valence-electron chi connectivity index (χ4n) is 2.74. The third-order valence-corrected chi connectivity index (χ3v) is 5.99.